The summed E-state index contributed by atoms with van der Waals surface area (Å²) in [5, 5.41) is 13.6. The van der Waals surface area contributed by atoms with Crippen molar-refractivity contribution in [1.82, 2.24) is 30.1 Å². The van der Waals surface area contributed by atoms with Crippen molar-refractivity contribution >= 4 is 16.9 Å². The number of aromatic amines is 1. The molecule has 2 aromatic heterocycles. The molecule has 0 unspecified atom stereocenters. The first-order valence-corrected chi connectivity index (χ1v) is 12.9. The SMILES string of the molecule is CCOC(=O)C1CCN([C@@H](c2cc3cc(C)cc(C)c3[nH]c2=O)c2nnnn2C[C@@H]2CCCO2)CC1. The van der Waals surface area contributed by atoms with E-state index in [9.17, 15) is 9.59 Å². The van der Waals surface area contributed by atoms with E-state index in [0.717, 1.165) is 41.5 Å². The molecule has 0 spiro atoms. The fraction of sp³-hybridized carbons (Fsp3) is 0.577. The van der Waals surface area contributed by atoms with Gasteiger partial charge < -0.3 is 14.5 Å². The molecule has 5 rings (SSSR count). The van der Waals surface area contributed by atoms with Crippen molar-refractivity contribution in [2.75, 3.05) is 26.3 Å². The second-order valence-electron chi connectivity index (χ2n) is 9.92. The fourth-order valence-corrected chi connectivity index (χ4v) is 5.58. The Hall–Kier alpha value is -3.11. The lowest BCUT2D eigenvalue weighted by Crippen LogP contribution is -2.42. The molecular weight excluding hydrogens is 460 g/mol. The summed E-state index contributed by atoms with van der Waals surface area (Å²) >= 11 is 0. The number of pyridine rings is 1. The number of aromatic nitrogens is 5. The summed E-state index contributed by atoms with van der Waals surface area (Å²) in [4.78, 5) is 31.2. The highest BCUT2D eigenvalue weighted by molar-refractivity contribution is 5.83. The van der Waals surface area contributed by atoms with Gasteiger partial charge in [0.1, 0.15) is 6.04 Å². The van der Waals surface area contributed by atoms with Crippen molar-refractivity contribution in [3.63, 3.8) is 0 Å². The minimum Gasteiger partial charge on any atom is -0.466 e. The Kier molecular flexibility index (Phi) is 7.15. The molecule has 0 aliphatic carbocycles. The Morgan fingerprint density at radius 2 is 2.03 bits per heavy atom. The number of likely N-dealkylation sites (tertiary alicyclic amines) is 1. The average Bonchev–Trinajstić information content (AvgIpc) is 3.54. The first-order chi connectivity index (χ1) is 17.4. The Bertz CT molecular complexity index is 1290. The van der Waals surface area contributed by atoms with Crippen LogP contribution < -0.4 is 5.56 Å². The highest BCUT2D eigenvalue weighted by Crippen LogP contribution is 2.32. The van der Waals surface area contributed by atoms with E-state index in [0.29, 0.717) is 50.5 Å². The second-order valence-corrected chi connectivity index (χ2v) is 9.92. The van der Waals surface area contributed by atoms with Crippen molar-refractivity contribution in [1.29, 1.82) is 0 Å². The molecule has 192 valence electrons. The summed E-state index contributed by atoms with van der Waals surface area (Å²) < 4.78 is 12.9. The van der Waals surface area contributed by atoms with Crippen LogP contribution in [0.5, 0.6) is 0 Å². The molecule has 2 fully saturated rings. The van der Waals surface area contributed by atoms with Gasteiger partial charge in [-0.05, 0) is 80.0 Å². The third kappa shape index (κ3) is 4.92. The maximum atomic E-state index is 13.5. The molecule has 2 saturated heterocycles. The zero-order chi connectivity index (χ0) is 25.2. The van der Waals surface area contributed by atoms with E-state index < -0.39 is 6.04 Å². The third-order valence-electron chi connectivity index (χ3n) is 7.34. The van der Waals surface area contributed by atoms with Crippen LogP contribution in [0, 0.1) is 19.8 Å². The number of fused-ring (bicyclic) bond motifs is 1. The number of nitrogens with zero attached hydrogens (tertiary/aromatic N) is 5. The summed E-state index contributed by atoms with van der Waals surface area (Å²) in [6.07, 6.45) is 3.36. The minimum atomic E-state index is -0.446. The van der Waals surface area contributed by atoms with E-state index >= 15 is 0 Å². The number of aryl methyl sites for hydroxylation is 2. The molecule has 36 heavy (non-hydrogen) atoms. The summed E-state index contributed by atoms with van der Waals surface area (Å²) in [5.74, 6) is 0.339. The number of rotatable bonds is 7. The highest BCUT2D eigenvalue weighted by Gasteiger charge is 2.35. The van der Waals surface area contributed by atoms with Crippen LogP contribution in [0.1, 0.15) is 61.2 Å². The molecular formula is C26H34N6O4. The molecule has 2 atom stereocenters. The minimum absolute atomic E-state index is 0.0580. The van der Waals surface area contributed by atoms with Crippen molar-refractivity contribution in [2.45, 2.75) is 65.1 Å². The number of ether oxygens (including phenoxy) is 2. The number of hydrogen-bond donors (Lipinski definition) is 1. The Morgan fingerprint density at radius 1 is 1.22 bits per heavy atom. The van der Waals surface area contributed by atoms with Gasteiger partial charge in [0.05, 0.1) is 30.7 Å². The number of benzene rings is 1. The van der Waals surface area contributed by atoms with Crippen LogP contribution in [0.15, 0.2) is 23.0 Å². The number of carbonyl (C=O) groups excluding carboxylic acids is 1. The summed E-state index contributed by atoms with van der Waals surface area (Å²) in [6, 6.07) is 5.68. The zero-order valence-electron chi connectivity index (χ0n) is 21.2. The van der Waals surface area contributed by atoms with Gasteiger partial charge in [0.25, 0.3) is 5.56 Å². The lowest BCUT2D eigenvalue weighted by molar-refractivity contribution is -0.149. The van der Waals surface area contributed by atoms with Gasteiger partial charge in [0, 0.05) is 25.3 Å². The molecule has 10 heteroatoms. The van der Waals surface area contributed by atoms with Crippen molar-refractivity contribution < 1.29 is 14.3 Å². The number of H-pyrrole nitrogens is 1. The van der Waals surface area contributed by atoms with Crippen LogP contribution in [0.2, 0.25) is 0 Å². The van der Waals surface area contributed by atoms with Gasteiger partial charge in [-0.25, -0.2) is 4.68 Å². The molecule has 10 nitrogen and oxygen atoms in total. The van der Waals surface area contributed by atoms with Gasteiger partial charge in [-0.15, -0.1) is 5.10 Å². The molecule has 0 bridgehead atoms. The molecule has 0 saturated carbocycles. The largest absolute Gasteiger partial charge is 0.466 e. The van der Waals surface area contributed by atoms with E-state index in [1.165, 1.54) is 0 Å². The van der Waals surface area contributed by atoms with Crippen LogP contribution in [0.3, 0.4) is 0 Å². The average molecular weight is 495 g/mol. The molecule has 2 aliphatic rings. The monoisotopic (exact) mass is 494 g/mol. The first-order valence-electron chi connectivity index (χ1n) is 12.9. The van der Waals surface area contributed by atoms with Gasteiger partial charge in [0.15, 0.2) is 5.82 Å². The van der Waals surface area contributed by atoms with E-state index in [1.807, 2.05) is 19.9 Å². The number of carbonyl (C=O) groups is 1. The number of piperidine rings is 1. The molecule has 0 amide bonds. The topological polar surface area (TPSA) is 115 Å². The standard InChI is InChI=1S/C26H34N6O4/c1-4-35-26(34)18-7-9-31(10-8-18)23(24-28-29-30-32(24)15-20-6-5-11-36-20)21-14-19-13-16(2)12-17(3)22(19)27-25(21)33/h12-14,18,20,23H,4-11,15H2,1-3H3,(H,27,33)/t20-,23-/m0/s1. The van der Waals surface area contributed by atoms with Gasteiger partial charge in [-0.3, -0.25) is 14.5 Å². The van der Waals surface area contributed by atoms with Crippen molar-refractivity contribution in [2.24, 2.45) is 5.92 Å². The Morgan fingerprint density at radius 3 is 2.75 bits per heavy atom. The van der Waals surface area contributed by atoms with Crippen LogP contribution >= 0.6 is 0 Å². The summed E-state index contributed by atoms with van der Waals surface area (Å²) in [7, 11) is 0. The molecule has 0 radical (unpaired) electrons. The number of hydrogen-bond acceptors (Lipinski definition) is 8. The van der Waals surface area contributed by atoms with Crippen LogP contribution in [0.25, 0.3) is 10.9 Å². The van der Waals surface area contributed by atoms with E-state index in [1.54, 1.807) is 4.68 Å². The lowest BCUT2D eigenvalue weighted by atomic mass is 9.93. The molecule has 1 aromatic carbocycles. The van der Waals surface area contributed by atoms with Gasteiger partial charge in [0.2, 0.25) is 0 Å². The normalized spacial score (nSPS) is 20.1. The van der Waals surface area contributed by atoms with Crippen LogP contribution in [0.4, 0.5) is 0 Å². The van der Waals surface area contributed by atoms with E-state index in [2.05, 4.69) is 44.5 Å². The van der Waals surface area contributed by atoms with Gasteiger partial charge in [-0.2, -0.15) is 0 Å². The summed E-state index contributed by atoms with van der Waals surface area (Å²) in [6.45, 7) is 8.81. The highest BCUT2D eigenvalue weighted by atomic mass is 16.5. The van der Waals surface area contributed by atoms with Crippen molar-refractivity contribution in [3.05, 3.63) is 51.1 Å². The van der Waals surface area contributed by atoms with Gasteiger partial charge >= 0.3 is 5.97 Å². The predicted octanol–water partition coefficient (Wildman–Crippen LogP) is 2.67. The van der Waals surface area contributed by atoms with E-state index in [4.69, 9.17) is 9.47 Å². The fourth-order valence-electron chi connectivity index (χ4n) is 5.58. The Labute approximate surface area is 210 Å². The smallest absolute Gasteiger partial charge is 0.309 e. The Balaban J connectivity index is 1.54. The molecule has 1 N–H and O–H groups in total. The van der Waals surface area contributed by atoms with E-state index in [-0.39, 0.29) is 23.6 Å². The first kappa shape index (κ1) is 24.6. The maximum Gasteiger partial charge on any atom is 0.309 e. The van der Waals surface area contributed by atoms with Crippen LogP contribution in [-0.4, -0.2) is 68.5 Å². The second kappa shape index (κ2) is 10.5. The molecule has 4 heterocycles. The number of tetrazole rings is 1. The summed E-state index contributed by atoms with van der Waals surface area (Å²) in [5.41, 5.74) is 3.45. The molecule has 2 aliphatic heterocycles. The number of esters is 1. The predicted molar refractivity (Wildman–Crippen MR) is 134 cm³/mol. The van der Waals surface area contributed by atoms with Crippen molar-refractivity contribution in [3.8, 4) is 0 Å². The third-order valence-corrected chi connectivity index (χ3v) is 7.34. The maximum absolute atomic E-state index is 13.5. The molecule has 3 aromatic rings. The van der Waals surface area contributed by atoms with Crippen LogP contribution in [-0.2, 0) is 20.8 Å². The quantitative estimate of drug-likeness (QED) is 0.499. The zero-order valence-corrected chi connectivity index (χ0v) is 21.2. The lowest BCUT2D eigenvalue weighted by Gasteiger charge is -2.36. The van der Waals surface area contributed by atoms with Gasteiger partial charge in [-0.1, -0.05) is 11.6 Å². The number of nitrogens with one attached hydrogen (secondary N) is 1.